The van der Waals surface area contributed by atoms with E-state index in [1.165, 1.54) is 12.1 Å². The standard InChI is InChI=1S/C14H17N3O/c1-17-14(13-6-3-7-15-13)12(9-16-17)10-4-2-5-11(18)8-10/h2,4-5,8-9,13,15,18H,3,6-7H2,1H3. The van der Waals surface area contributed by atoms with Gasteiger partial charge in [-0.3, -0.25) is 4.68 Å². The number of phenols is 1. The van der Waals surface area contributed by atoms with E-state index in [1.54, 1.807) is 12.1 Å². The van der Waals surface area contributed by atoms with Gasteiger partial charge in [-0.15, -0.1) is 0 Å². The Morgan fingerprint density at radius 3 is 3.06 bits per heavy atom. The normalized spacial score (nSPS) is 19.3. The lowest BCUT2D eigenvalue weighted by molar-refractivity contribution is 0.475. The number of rotatable bonds is 2. The van der Waals surface area contributed by atoms with Crippen molar-refractivity contribution >= 4 is 0 Å². The van der Waals surface area contributed by atoms with Gasteiger partial charge in [-0.05, 0) is 37.1 Å². The number of phenolic OH excluding ortho intramolecular Hbond substituents is 1. The Hall–Kier alpha value is -1.81. The highest BCUT2D eigenvalue weighted by Crippen LogP contribution is 2.33. The zero-order valence-corrected chi connectivity index (χ0v) is 10.4. The van der Waals surface area contributed by atoms with Crippen LogP contribution in [0.4, 0.5) is 0 Å². The molecule has 1 aromatic heterocycles. The number of hydrogen-bond donors (Lipinski definition) is 2. The molecule has 3 rings (SSSR count). The van der Waals surface area contributed by atoms with Crippen LogP contribution in [0.5, 0.6) is 5.75 Å². The average molecular weight is 243 g/mol. The van der Waals surface area contributed by atoms with Crippen molar-refractivity contribution in [3.63, 3.8) is 0 Å². The summed E-state index contributed by atoms with van der Waals surface area (Å²) in [4.78, 5) is 0. The van der Waals surface area contributed by atoms with Crippen LogP contribution in [0.1, 0.15) is 24.6 Å². The third-order valence-electron chi connectivity index (χ3n) is 3.53. The van der Waals surface area contributed by atoms with E-state index in [2.05, 4.69) is 10.4 Å². The quantitative estimate of drug-likeness (QED) is 0.850. The molecule has 1 atom stereocenters. The van der Waals surface area contributed by atoms with E-state index in [4.69, 9.17) is 0 Å². The van der Waals surface area contributed by atoms with Crippen molar-refractivity contribution in [2.45, 2.75) is 18.9 Å². The van der Waals surface area contributed by atoms with Crippen molar-refractivity contribution in [3.05, 3.63) is 36.2 Å². The molecule has 0 aliphatic carbocycles. The molecule has 1 saturated heterocycles. The first kappa shape index (κ1) is 11.3. The fourth-order valence-electron chi connectivity index (χ4n) is 2.67. The molecule has 0 bridgehead atoms. The predicted molar refractivity (Wildman–Crippen MR) is 70.3 cm³/mol. The molecule has 2 heterocycles. The molecule has 0 saturated carbocycles. The van der Waals surface area contributed by atoms with Gasteiger partial charge in [0.05, 0.1) is 11.9 Å². The molecule has 4 nitrogen and oxygen atoms in total. The van der Waals surface area contributed by atoms with E-state index in [1.807, 2.05) is 30.1 Å². The highest BCUT2D eigenvalue weighted by Gasteiger charge is 2.23. The van der Waals surface area contributed by atoms with Crippen molar-refractivity contribution in [1.82, 2.24) is 15.1 Å². The second kappa shape index (κ2) is 4.46. The maximum atomic E-state index is 9.59. The predicted octanol–water partition coefficient (Wildman–Crippen LogP) is 2.22. The summed E-state index contributed by atoms with van der Waals surface area (Å²) in [6.07, 6.45) is 4.23. The Balaban J connectivity index is 2.07. The first-order valence-corrected chi connectivity index (χ1v) is 6.30. The minimum atomic E-state index is 0.293. The van der Waals surface area contributed by atoms with Crippen molar-refractivity contribution in [1.29, 1.82) is 0 Å². The second-order valence-corrected chi connectivity index (χ2v) is 4.77. The maximum Gasteiger partial charge on any atom is 0.116 e. The highest BCUT2D eigenvalue weighted by atomic mass is 16.3. The molecule has 1 fully saturated rings. The largest absolute Gasteiger partial charge is 0.508 e. The van der Waals surface area contributed by atoms with Gasteiger partial charge < -0.3 is 10.4 Å². The van der Waals surface area contributed by atoms with Crippen molar-refractivity contribution in [3.8, 4) is 16.9 Å². The van der Waals surface area contributed by atoms with Gasteiger partial charge in [-0.25, -0.2) is 0 Å². The third-order valence-corrected chi connectivity index (χ3v) is 3.53. The number of aromatic hydroxyl groups is 1. The molecule has 2 aromatic rings. The molecule has 1 aromatic carbocycles. The lowest BCUT2D eigenvalue weighted by atomic mass is 10.0. The van der Waals surface area contributed by atoms with Crippen LogP contribution in [-0.4, -0.2) is 21.4 Å². The first-order valence-electron chi connectivity index (χ1n) is 6.30. The van der Waals surface area contributed by atoms with Gasteiger partial charge in [-0.1, -0.05) is 12.1 Å². The summed E-state index contributed by atoms with van der Waals surface area (Å²) < 4.78 is 1.93. The molecule has 2 N–H and O–H groups in total. The van der Waals surface area contributed by atoms with Crippen LogP contribution in [0.3, 0.4) is 0 Å². The summed E-state index contributed by atoms with van der Waals surface area (Å²) in [5.41, 5.74) is 3.33. The van der Waals surface area contributed by atoms with Crippen LogP contribution >= 0.6 is 0 Å². The Morgan fingerprint density at radius 1 is 1.44 bits per heavy atom. The molecule has 1 unspecified atom stereocenters. The van der Waals surface area contributed by atoms with E-state index in [9.17, 15) is 5.11 Å². The van der Waals surface area contributed by atoms with Crippen LogP contribution < -0.4 is 5.32 Å². The highest BCUT2D eigenvalue weighted by molar-refractivity contribution is 5.67. The molecule has 1 aliphatic rings. The molecular formula is C14H17N3O. The number of hydrogen-bond acceptors (Lipinski definition) is 3. The Morgan fingerprint density at radius 2 is 2.33 bits per heavy atom. The van der Waals surface area contributed by atoms with Crippen molar-refractivity contribution in [2.75, 3.05) is 6.54 Å². The summed E-state index contributed by atoms with van der Waals surface area (Å²) in [5, 5.41) is 17.5. The van der Waals surface area contributed by atoms with Gasteiger partial charge in [0, 0.05) is 18.7 Å². The molecule has 0 amide bonds. The summed E-state index contributed by atoms with van der Waals surface area (Å²) in [7, 11) is 1.97. The fraction of sp³-hybridized carbons (Fsp3) is 0.357. The number of aryl methyl sites for hydroxylation is 1. The van der Waals surface area contributed by atoms with Gasteiger partial charge in [-0.2, -0.15) is 5.10 Å². The van der Waals surface area contributed by atoms with E-state index in [0.717, 1.165) is 24.1 Å². The fourth-order valence-corrected chi connectivity index (χ4v) is 2.67. The summed E-state index contributed by atoms with van der Waals surface area (Å²) >= 11 is 0. The van der Waals surface area contributed by atoms with E-state index in [-0.39, 0.29) is 0 Å². The molecule has 0 radical (unpaired) electrons. The van der Waals surface area contributed by atoms with Gasteiger partial charge in [0.15, 0.2) is 0 Å². The molecule has 18 heavy (non-hydrogen) atoms. The number of benzene rings is 1. The van der Waals surface area contributed by atoms with Crippen LogP contribution in [0.15, 0.2) is 30.5 Å². The van der Waals surface area contributed by atoms with Crippen LogP contribution in [0.2, 0.25) is 0 Å². The minimum absolute atomic E-state index is 0.293. The molecule has 1 aliphatic heterocycles. The molecule has 4 heteroatoms. The number of nitrogens with zero attached hydrogens (tertiary/aromatic N) is 2. The van der Waals surface area contributed by atoms with Crippen LogP contribution in [0.25, 0.3) is 11.1 Å². The van der Waals surface area contributed by atoms with Crippen molar-refractivity contribution < 1.29 is 5.11 Å². The zero-order chi connectivity index (χ0) is 12.5. The lowest BCUT2D eigenvalue weighted by Gasteiger charge is -2.13. The SMILES string of the molecule is Cn1ncc(-c2cccc(O)c2)c1C1CCCN1. The van der Waals surface area contributed by atoms with Gasteiger partial charge in [0.25, 0.3) is 0 Å². The topological polar surface area (TPSA) is 50.1 Å². The van der Waals surface area contributed by atoms with E-state index >= 15 is 0 Å². The number of aromatic nitrogens is 2. The summed E-state index contributed by atoms with van der Waals surface area (Å²) in [6.45, 7) is 1.06. The first-order chi connectivity index (χ1) is 8.75. The van der Waals surface area contributed by atoms with E-state index in [0.29, 0.717) is 11.8 Å². The smallest absolute Gasteiger partial charge is 0.116 e. The average Bonchev–Trinajstić information content (AvgIpc) is 2.97. The molecular weight excluding hydrogens is 226 g/mol. The van der Waals surface area contributed by atoms with Crippen LogP contribution in [-0.2, 0) is 7.05 Å². The van der Waals surface area contributed by atoms with Gasteiger partial charge in [0.1, 0.15) is 5.75 Å². The van der Waals surface area contributed by atoms with Gasteiger partial charge >= 0.3 is 0 Å². The third kappa shape index (κ3) is 1.88. The number of nitrogens with one attached hydrogen (secondary N) is 1. The Labute approximate surface area is 106 Å². The maximum absolute atomic E-state index is 9.59. The molecule has 94 valence electrons. The van der Waals surface area contributed by atoms with E-state index < -0.39 is 0 Å². The Bertz CT molecular complexity index is 556. The summed E-state index contributed by atoms with van der Waals surface area (Å²) in [6, 6.07) is 7.72. The summed E-state index contributed by atoms with van der Waals surface area (Å²) in [5.74, 6) is 0.293. The Kier molecular flexibility index (Phi) is 2.80. The molecule has 0 spiro atoms. The van der Waals surface area contributed by atoms with Gasteiger partial charge in [0.2, 0.25) is 0 Å². The monoisotopic (exact) mass is 243 g/mol. The van der Waals surface area contributed by atoms with Crippen molar-refractivity contribution in [2.24, 2.45) is 7.05 Å². The zero-order valence-electron chi connectivity index (χ0n) is 10.4. The van der Waals surface area contributed by atoms with Crippen LogP contribution in [0, 0.1) is 0 Å². The second-order valence-electron chi connectivity index (χ2n) is 4.77. The lowest BCUT2D eigenvalue weighted by Crippen LogP contribution is -2.17. The minimum Gasteiger partial charge on any atom is -0.508 e.